The number of benzene rings is 1. The lowest BCUT2D eigenvalue weighted by Gasteiger charge is -2.13. The Hall–Kier alpha value is -1.47. The summed E-state index contributed by atoms with van der Waals surface area (Å²) in [7, 11) is -3.63. The van der Waals surface area contributed by atoms with Crippen LogP contribution in [0.1, 0.15) is 11.6 Å². The Balaban J connectivity index is 2.04. The smallest absolute Gasteiger partial charge is 0.242 e. The Kier molecular flexibility index (Phi) is 4.72. The molecule has 1 aromatic heterocycles. The van der Waals surface area contributed by atoms with Gasteiger partial charge >= 0.3 is 0 Å². The molecule has 0 amide bonds. The first-order chi connectivity index (χ1) is 9.49. The Labute approximate surface area is 122 Å². The van der Waals surface area contributed by atoms with Crippen molar-refractivity contribution in [2.24, 2.45) is 5.73 Å². The van der Waals surface area contributed by atoms with Crippen molar-refractivity contribution in [2.75, 3.05) is 6.54 Å². The van der Waals surface area contributed by atoms with Gasteiger partial charge < -0.3 is 5.73 Å². The van der Waals surface area contributed by atoms with Gasteiger partial charge in [0.05, 0.1) is 0 Å². The molecule has 106 valence electrons. The molecule has 0 bridgehead atoms. The Morgan fingerprint density at radius 1 is 1.20 bits per heavy atom. The van der Waals surface area contributed by atoms with Crippen molar-refractivity contribution in [1.82, 2.24) is 9.71 Å². The van der Waals surface area contributed by atoms with Gasteiger partial charge in [-0.15, -0.1) is 0 Å². The highest BCUT2D eigenvalue weighted by Crippen LogP contribution is 2.12. The molecule has 1 aromatic carbocycles. The zero-order valence-corrected chi connectivity index (χ0v) is 12.1. The fourth-order valence-electron chi connectivity index (χ4n) is 1.62. The first kappa shape index (κ1) is 14.9. The van der Waals surface area contributed by atoms with Crippen molar-refractivity contribution in [3.63, 3.8) is 0 Å². The molecule has 7 heteroatoms. The van der Waals surface area contributed by atoms with Crippen molar-refractivity contribution in [1.29, 1.82) is 0 Å². The maximum Gasteiger partial charge on any atom is 0.242 e. The van der Waals surface area contributed by atoms with Crippen LogP contribution in [0.15, 0.2) is 53.6 Å². The highest BCUT2D eigenvalue weighted by atomic mass is 35.5. The quantitative estimate of drug-likeness (QED) is 0.823. The summed E-state index contributed by atoms with van der Waals surface area (Å²) >= 11 is 5.62. The minimum Gasteiger partial charge on any atom is -0.323 e. The maximum absolute atomic E-state index is 12.0. The van der Waals surface area contributed by atoms with Gasteiger partial charge in [-0.1, -0.05) is 41.9 Å². The van der Waals surface area contributed by atoms with E-state index in [1.807, 2.05) is 30.3 Å². The average Bonchev–Trinajstić information content (AvgIpc) is 2.46. The summed E-state index contributed by atoms with van der Waals surface area (Å²) in [6.07, 6.45) is 1.21. The van der Waals surface area contributed by atoms with Gasteiger partial charge in [-0.25, -0.2) is 18.1 Å². The molecule has 2 aromatic rings. The molecular formula is C13H14ClN3O2S. The molecule has 1 heterocycles. The summed E-state index contributed by atoms with van der Waals surface area (Å²) in [6.45, 7) is 0.106. The normalized spacial score (nSPS) is 13.1. The third kappa shape index (κ3) is 3.77. The molecule has 0 fully saturated rings. The molecule has 5 nitrogen and oxygen atoms in total. The highest BCUT2D eigenvalue weighted by Gasteiger charge is 2.16. The maximum atomic E-state index is 12.0. The first-order valence-electron chi connectivity index (χ1n) is 5.91. The number of hydrogen-bond donors (Lipinski definition) is 2. The van der Waals surface area contributed by atoms with Gasteiger partial charge in [0.15, 0.2) is 0 Å². The van der Waals surface area contributed by atoms with Crippen molar-refractivity contribution in [2.45, 2.75) is 10.9 Å². The van der Waals surface area contributed by atoms with Crippen LogP contribution >= 0.6 is 11.6 Å². The SMILES string of the molecule is N[C@H](CNS(=O)(=O)c1ccc(Cl)nc1)c1ccccc1. The van der Waals surface area contributed by atoms with Gasteiger partial charge in [-0.2, -0.15) is 0 Å². The number of sulfonamides is 1. The molecule has 2 rings (SSSR count). The monoisotopic (exact) mass is 311 g/mol. The van der Waals surface area contributed by atoms with Crippen molar-refractivity contribution >= 4 is 21.6 Å². The summed E-state index contributed by atoms with van der Waals surface area (Å²) in [5, 5.41) is 0.241. The minimum absolute atomic E-state index is 0.0576. The molecule has 0 aliphatic rings. The molecule has 0 aliphatic carbocycles. The van der Waals surface area contributed by atoms with E-state index in [0.29, 0.717) is 0 Å². The Bertz CT molecular complexity index is 660. The van der Waals surface area contributed by atoms with Crippen LogP contribution in [0, 0.1) is 0 Å². The predicted molar refractivity (Wildman–Crippen MR) is 77.8 cm³/mol. The van der Waals surface area contributed by atoms with Crippen molar-refractivity contribution < 1.29 is 8.42 Å². The molecule has 0 unspecified atom stereocenters. The molecular weight excluding hydrogens is 298 g/mol. The minimum atomic E-state index is -3.63. The van der Waals surface area contributed by atoms with Crippen molar-refractivity contribution in [3.05, 3.63) is 59.4 Å². The number of hydrogen-bond acceptors (Lipinski definition) is 4. The molecule has 20 heavy (non-hydrogen) atoms. The van der Waals surface area contributed by atoms with E-state index in [9.17, 15) is 8.42 Å². The summed E-state index contributed by atoms with van der Waals surface area (Å²) in [4.78, 5) is 3.80. The van der Waals surface area contributed by atoms with E-state index in [1.54, 1.807) is 0 Å². The molecule has 0 saturated carbocycles. The molecule has 0 saturated heterocycles. The second kappa shape index (κ2) is 6.32. The van der Waals surface area contributed by atoms with E-state index >= 15 is 0 Å². The zero-order chi connectivity index (χ0) is 14.6. The van der Waals surface area contributed by atoms with Gasteiger partial charge in [-0.05, 0) is 17.7 Å². The number of pyridine rings is 1. The number of nitrogens with zero attached hydrogens (tertiary/aromatic N) is 1. The summed E-state index contributed by atoms with van der Waals surface area (Å²) < 4.78 is 26.5. The van der Waals surface area contributed by atoms with Gasteiger partial charge in [0.1, 0.15) is 10.0 Å². The van der Waals surface area contributed by atoms with Crippen LogP contribution in [-0.4, -0.2) is 19.9 Å². The predicted octanol–water partition coefficient (Wildman–Crippen LogP) is 1.71. The van der Waals surface area contributed by atoms with Crippen LogP contribution in [0.3, 0.4) is 0 Å². The van der Waals surface area contributed by atoms with Gasteiger partial charge in [0.25, 0.3) is 0 Å². The van der Waals surface area contributed by atoms with Gasteiger partial charge in [-0.3, -0.25) is 0 Å². The Morgan fingerprint density at radius 2 is 1.90 bits per heavy atom. The van der Waals surface area contributed by atoms with E-state index in [-0.39, 0.29) is 16.6 Å². The average molecular weight is 312 g/mol. The van der Waals surface area contributed by atoms with E-state index in [1.165, 1.54) is 18.3 Å². The van der Waals surface area contributed by atoms with Crippen LogP contribution in [-0.2, 0) is 10.0 Å². The molecule has 0 radical (unpaired) electrons. The summed E-state index contributed by atoms with van der Waals surface area (Å²) in [5.74, 6) is 0. The standard InChI is InChI=1S/C13H14ClN3O2S/c14-13-7-6-11(8-16-13)20(18,19)17-9-12(15)10-4-2-1-3-5-10/h1-8,12,17H,9,15H2/t12-/m1/s1. The zero-order valence-electron chi connectivity index (χ0n) is 10.5. The summed E-state index contributed by atoms with van der Waals surface area (Å²) in [5.41, 5.74) is 6.81. The summed E-state index contributed by atoms with van der Waals surface area (Å²) in [6, 6.07) is 11.7. The molecule has 3 N–H and O–H groups in total. The second-order valence-corrected chi connectivity index (χ2v) is 6.34. The number of nitrogens with one attached hydrogen (secondary N) is 1. The third-order valence-electron chi connectivity index (χ3n) is 2.73. The lowest BCUT2D eigenvalue weighted by Crippen LogP contribution is -2.32. The van der Waals surface area contributed by atoms with E-state index in [4.69, 9.17) is 17.3 Å². The van der Waals surface area contributed by atoms with Crippen LogP contribution in [0.5, 0.6) is 0 Å². The topological polar surface area (TPSA) is 85.1 Å². The largest absolute Gasteiger partial charge is 0.323 e. The van der Waals surface area contributed by atoms with E-state index in [2.05, 4.69) is 9.71 Å². The molecule has 0 aliphatic heterocycles. The van der Waals surface area contributed by atoms with E-state index < -0.39 is 16.1 Å². The first-order valence-corrected chi connectivity index (χ1v) is 7.77. The fourth-order valence-corrected chi connectivity index (χ4v) is 2.74. The van der Waals surface area contributed by atoms with Crippen LogP contribution in [0.4, 0.5) is 0 Å². The molecule has 1 atom stereocenters. The highest BCUT2D eigenvalue weighted by molar-refractivity contribution is 7.89. The molecule has 0 spiro atoms. The van der Waals surface area contributed by atoms with Gasteiger partial charge in [0.2, 0.25) is 10.0 Å². The third-order valence-corrected chi connectivity index (χ3v) is 4.36. The number of rotatable bonds is 5. The number of halogens is 1. The number of nitrogens with two attached hydrogens (primary N) is 1. The van der Waals surface area contributed by atoms with Crippen molar-refractivity contribution in [3.8, 4) is 0 Å². The van der Waals surface area contributed by atoms with Crippen LogP contribution in [0.2, 0.25) is 5.15 Å². The van der Waals surface area contributed by atoms with E-state index in [0.717, 1.165) is 5.56 Å². The fraction of sp³-hybridized carbons (Fsp3) is 0.154. The lowest BCUT2D eigenvalue weighted by atomic mass is 10.1. The lowest BCUT2D eigenvalue weighted by molar-refractivity contribution is 0.572. The van der Waals surface area contributed by atoms with Crippen LogP contribution < -0.4 is 10.5 Å². The number of aromatic nitrogens is 1. The van der Waals surface area contributed by atoms with Gasteiger partial charge in [0, 0.05) is 18.8 Å². The second-order valence-electron chi connectivity index (χ2n) is 4.19. The Morgan fingerprint density at radius 3 is 2.50 bits per heavy atom. The van der Waals surface area contributed by atoms with Crippen LogP contribution in [0.25, 0.3) is 0 Å².